The molecular weight excluding hydrogens is 332 g/mol. The molecule has 1 atom stereocenters. The molecule has 1 aliphatic heterocycles. The number of carboxylic acids is 1. The highest BCUT2D eigenvalue weighted by molar-refractivity contribution is 5.87. The van der Waals surface area contributed by atoms with E-state index in [2.05, 4.69) is 25.5 Å². The predicted molar refractivity (Wildman–Crippen MR) is 95.1 cm³/mol. The average Bonchev–Trinajstić information content (AvgIpc) is 3.15. The van der Waals surface area contributed by atoms with Gasteiger partial charge in [0.1, 0.15) is 6.33 Å². The summed E-state index contributed by atoms with van der Waals surface area (Å²) in [5, 5.41) is 25.1. The maximum absolute atomic E-state index is 11.1. The lowest BCUT2D eigenvalue weighted by Crippen LogP contribution is -2.46. The van der Waals surface area contributed by atoms with Crippen LogP contribution in [0.5, 0.6) is 0 Å². The van der Waals surface area contributed by atoms with Crippen LogP contribution in [0.3, 0.4) is 0 Å². The van der Waals surface area contributed by atoms with Crippen molar-refractivity contribution in [2.24, 2.45) is 0 Å². The smallest absolute Gasteiger partial charge is 0.335 e. The Hall–Kier alpha value is -2.84. The minimum atomic E-state index is -0.907. The van der Waals surface area contributed by atoms with Gasteiger partial charge < -0.3 is 10.4 Å². The van der Waals surface area contributed by atoms with Crippen LogP contribution >= 0.6 is 0 Å². The molecule has 4 rings (SSSR count). The summed E-state index contributed by atoms with van der Waals surface area (Å²) >= 11 is 0. The zero-order valence-corrected chi connectivity index (χ0v) is 14.2. The average molecular weight is 352 g/mol. The Morgan fingerprint density at radius 2 is 1.92 bits per heavy atom. The summed E-state index contributed by atoms with van der Waals surface area (Å²) in [5.41, 5.74) is 3.07. The van der Waals surface area contributed by atoms with Crippen molar-refractivity contribution >= 4 is 11.6 Å². The lowest BCUT2D eigenvalue weighted by atomic mass is 9.99. The van der Waals surface area contributed by atoms with Gasteiger partial charge >= 0.3 is 5.97 Å². The minimum Gasteiger partial charge on any atom is -0.478 e. The molecule has 2 N–H and O–H groups in total. The SMILES string of the molecule is O=C(O)c1ccc(CC(c2ccc3nncn3n2)N2CCNCC2)cc1. The molecule has 0 amide bonds. The second-order valence-electron chi connectivity index (χ2n) is 6.40. The Morgan fingerprint density at radius 3 is 2.65 bits per heavy atom. The van der Waals surface area contributed by atoms with Gasteiger partial charge in [0.25, 0.3) is 0 Å². The van der Waals surface area contributed by atoms with Crippen molar-refractivity contribution < 1.29 is 9.90 Å². The zero-order chi connectivity index (χ0) is 17.9. The van der Waals surface area contributed by atoms with Crippen molar-refractivity contribution in [2.75, 3.05) is 26.2 Å². The largest absolute Gasteiger partial charge is 0.478 e. The van der Waals surface area contributed by atoms with E-state index in [4.69, 9.17) is 5.11 Å². The first-order valence-corrected chi connectivity index (χ1v) is 8.65. The van der Waals surface area contributed by atoms with Crippen LogP contribution in [0.15, 0.2) is 42.7 Å². The maximum Gasteiger partial charge on any atom is 0.335 e. The molecule has 0 saturated carbocycles. The standard InChI is InChI=1S/C18H20N6O2/c25-18(26)14-3-1-13(2-4-14)11-16(23-9-7-19-8-10-23)15-5-6-17-21-20-12-24(17)22-15/h1-6,12,16,19H,7-11H2,(H,25,26). The molecule has 8 nitrogen and oxygen atoms in total. The molecule has 134 valence electrons. The van der Waals surface area contributed by atoms with E-state index in [9.17, 15) is 4.79 Å². The van der Waals surface area contributed by atoms with Crippen molar-refractivity contribution in [1.29, 1.82) is 0 Å². The summed E-state index contributed by atoms with van der Waals surface area (Å²) in [4.78, 5) is 13.5. The number of hydrogen-bond donors (Lipinski definition) is 2. The molecule has 8 heteroatoms. The first-order chi connectivity index (χ1) is 12.7. The molecular formula is C18H20N6O2. The van der Waals surface area contributed by atoms with Gasteiger partial charge in [0.15, 0.2) is 5.65 Å². The summed E-state index contributed by atoms with van der Waals surface area (Å²) < 4.78 is 1.69. The first kappa shape index (κ1) is 16.6. The molecule has 1 unspecified atom stereocenters. The lowest BCUT2D eigenvalue weighted by Gasteiger charge is -2.34. The molecule has 0 bridgehead atoms. The molecule has 3 aromatic rings. The fraction of sp³-hybridized carbons (Fsp3) is 0.333. The number of benzene rings is 1. The number of aromatic nitrogens is 4. The van der Waals surface area contributed by atoms with Crippen LogP contribution < -0.4 is 5.32 Å². The summed E-state index contributed by atoms with van der Waals surface area (Å²) in [6, 6.07) is 11.1. The van der Waals surface area contributed by atoms with E-state index >= 15 is 0 Å². The first-order valence-electron chi connectivity index (χ1n) is 8.65. The molecule has 1 aromatic carbocycles. The van der Waals surface area contributed by atoms with Crippen molar-refractivity contribution in [3.8, 4) is 0 Å². The molecule has 1 fully saturated rings. The number of hydrogen-bond acceptors (Lipinski definition) is 6. The lowest BCUT2D eigenvalue weighted by molar-refractivity contribution is 0.0697. The van der Waals surface area contributed by atoms with Gasteiger partial charge in [-0.15, -0.1) is 10.2 Å². The number of fused-ring (bicyclic) bond motifs is 1. The van der Waals surface area contributed by atoms with Crippen molar-refractivity contribution in [1.82, 2.24) is 30.0 Å². The topological polar surface area (TPSA) is 95.6 Å². The maximum atomic E-state index is 11.1. The molecule has 1 saturated heterocycles. The van der Waals surface area contributed by atoms with Crippen LogP contribution in [0.2, 0.25) is 0 Å². The quantitative estimate of drug-likeness (QED) is 0.707. The van der Waals surface area contributed by atoms with E-state index in [1.807, 2.05) is 24.3 Å². The number of nitrogens with one attached hydrogen (secondary N) is 1. The summed E-state index contributed by atoms with van der Waals surface area (Å²) in [5.74, 6) is -0.907. The van der Waals surface area contributed by atoms with Crippen molar-refractivity contribution in [3.63, 3.8) is 0 Å². The van der Waals surface area contributed by atoms with Gasteiger partial charge in [0.2, 0.25) is 0 Å². The third-order valence-electron chi connectivity index (χ3n) is 4.75. The molecule has 26 heavy (non-hydrogen) atoms. The molecule has 2 aromatic heterocycles. The van der Waals surface area contributed by atoms with Crippen LogP contribution in [-0.2, 0) is 6.42 Å². The highest BCUT2D eigenvalue weighted by Crippen LogP contribution is 2.24. The van der Waals surface area contributed by atoms with Crippen LogP contribution in [0, 0.1) is 0 Å². The predicted octanol–water partition coefficient (Wildman–Crippen LogP) is 1.01. The third-order valence-corrected chi connectivity index (χ3v) is 4.75. The molecule has 1 aliphatic rings. The number of carbonyl (C=O) groups is 1. The molecule has 3 heterocycles. The van der Waals surface area contributed by atoms with E-state index in [-0.39, 0.29) is 6.04 Å². The van der Waals surface area contributed by atoms with Gasteiger partial charge in [-0.1, -0.05) is 12.1 Å². The zero-order valence-electron chi connectivity index (χ0n) is 14.2. The van der Waals surface area contributed by atoms with Gasteiger partial charge in [0, 0.05) is 26.2 Å². The van der Waals surface area contributed by atoms with Gasteiger partial charge in [0.05, 0.1) is 17.3 Å². The number of rotatable bonds is 5. The van der Waals surface area contributed by atoms with Crippen molar-refractivity contribution in [2.45, 2.75) is 12.5 Å². The van der Waals surface area contributed by atoms with Gasteiger partial charge in [-0.3, -0.25) is 4.90 Å². The Labute approximate surface area is 150 Å². The number of carboxylic acid groups (broad SMARTS) is 1. The Balaban J connectivity index is 1.64. The number of piperazine rings is 1. The summed E-state index contributed by atoms with van der Waals surface area (Å²) in [6.45, 7) is 3.78. The van der Waals surface area contributed by atoms with E-state index in [0.29, 0.717) is 5.56 Å². The normalized spacial score (nSPS) is 16.6. The van der Waals surface area contributed by atoms with E-state index in [1.54, 1.807) is 23.0 Å². The molecule has 0 spiro atoms. The monoisotopic (exact) mass is 352 g/mol. The fourth-order valence-corrected chi connectivity index (χ4v) is 3.34. The van der Waals surface area contributed by atoms with E-state index < -0.39 is 5.97 Å². The van der Waals surface area contributed by atoms with Gasteiger partial charge in [-0.25, -0.2) is 9.31 Å². The van der Waals surface area contributed by atoms with Crippen LogP contribution in [0.25, 0.3) is 5.65 Å². The summed E-state index contributed by atoms with van der Waals surface area (Å²) in [7, 11) is 0. The van der Waals surface area contributed by atoms with Gasteiger partial charge in [-0.2, -0.15) is 5.10 Å². The van der Waals surface area contributed by atoms with Crippen LogP contribution in [0.1, 0.15) is 27.7 Å². The fourth-order valence-electron chi connectivity index (χ4n) is 3.34. The summed E-state index contributed by atoms with van der Waals surface area (Å²) in [6.07, 6.45) is 2.37. The Morgan fingerprint density at radius 1 is 1.15 bits per heavy atom. The molecule has 0 aliphatic carbocycles. The minimum absolute atomic E-state index is 0.111. The van der Waals surface area contributed by atoms with Crippen molar-refractivity contribution in [3.05, 3.63) is 59.5 Å². The van der Waals surface area contributed by atoms with E-state index in [1.165, 1.54) is 0 Å². The van der Waals surface area contributed by atoms with Crippen LogP contribution in [0.4, 0.5) is 0 Å². The highest BCUT2D eigenvalue weighted by atomic mass is 16.4. The third kappa shape index (κ3) is 3.42. The van der Waals surface area contributed by atoms with Gasteiger partial charge in [-0.05, 0) is 36.2 Å². The highest BCUT2D eigenvalue weighted by Gasteiger charge is 2.24. The second-order valence-corrected chi connectivity index (χ2v) is 6.40. The Bertz CT molecular complexity index is 901. The Kier molecular flexibility index (Phi) is 4.59. The second kappa shape index (κ2) is 7.19. The van der Waals surface area contributed by atoms with E-state index in [0.717, 1.165) is 49.5 Å². The number of aromatic carboxylic acids is 1. The number of nitrogens with zero attached hydrogens (tertiary/aromatic N) is 5. The molecule has 0 radical (unpaired) electrons. The van der Waals surface area contributed by atoms with Crippen LogP contribution in [-0.4, -0.2) is 62.0 Å².